The van der Waals surface area contributed by atoms with Crippen LogP contribution >= 0.6 is 0 Å². The van der Waals surface area contributed by atoms with Gasteiger partial charge in [0.25, 0.3) is 0 Å². The van der Waals surface area contributed by atoms with Crippen LogP contribution in [0.3, 0.4) is 0 Å². The largest absolute Gasteiger partial charge is 0.393 e. The fourth-order valence-corrected chi connectivity index (χ4v) is 5.86. The van der Waals surface area contributed by atoms with Crippen LogP contribution in [0.25, 0.3) is 0 Å². The number of hydrogen-bond donors (Lipinski definition) is 5. The summed E-state index contributed by atoms with van der Waals surface area (Å²) >= 11 is 0. The summed E-state index contributed by atoms with van der Waals surface area (Å²) in [6.07, 6.45) is 18.5. The molecular weight excluding hydrogens is 400 g/mol. The summed E-state index contributed by atoms with van der Waals surface area (Å²) in [6.45, 7) is 9.68. The second-order valence-electron chi connectivity index (χ2n) is 10.2. The first-order chi connectivity index (χ1) is 15.3. The van der Waals surface area contributed by atoms with Crippen LogP contribution in [0, 0.1) is 5.41 Å². The molecule has 0 rings (SSSR count). The zero-order chi connectivity index (χ0) is 24.5. The van der Waals surface area contributed by atoms with Crippen molar-refractivity contribution >= 4 is 0 Å². The van der Waals surface area contributed by atoms with Crippen molar-refractivity contribution in [1.29, 1.82) is 0 Å². The van der Waals surface area contributed by atoms with Crippen molar-refractivity contribution < 1.29 is 15.4 Å². The minimum atomic E-state index is -0.907. The summed E-state index contributed by atoms with van der Waals surface area (Å²) in [7, 11) is 0. The van der Waals surface area contributed by atoms with E-state index in [1.165, 1.54) is 77.0 Å². The van der Waals surface area contributed by atoms with Crippen molar-refractivity contribution in [3.8, 4) is 0 Å². The Balaban J connectivity index is 4.41. The molecule has 194 valence electrons. The number of nitrogens with one attached hydrogen (secondary N) is 1. The third-order valence-electron chi connectivity index (χ3n) is 8.07. The van der Waals surface area contributed by atoms with Gasteiger partial charge in [0.05, 0.1) is 18.2 Å². The Kier molecular flexibility index (Phi) is 18.1. The number of rotatable bonds is 22. The fraction of sp³-hybridized carbons (Fsp3) is 1.00. The molecule has 0 saturated heterocycles. The smallest absolute Gasteiger partial charge is 0.0611 e. The van der Waals surface area contributed by atoms with E-state index in [1.807, 2.05) is 13.8 Å². The van der Waals surface area contributed by atoms with Gasteiger partial charge in [-0.05, 0) is 33.1 Å². The molecule has 0 aromatic carbocycles. The van der Waals surface area contributed by atoms with E-state index in [4.69, 9.17) is 5.73 Å². The topological polar surface area (TPSA) is 98.7 Å². The predicted molar refractivity (Wildman–Crippen MR) is 137 cm³/mol. The maximum Gasteiger partial charge on any atom is 0.0611 e. The van der Waals surface area contributed by atoms with Gasteiger partial charge in [0.2, 0.25) is 0 Å². The highest BCUT2D eigenvalue weighted by Gasteiger charge is 2.56. The molecule has 4 atom stereocenters. The zero-order valence-corrected chi connectivity index (χ0v) is 22.2. The summed E-state index contributed by atoms with van der Waals surface area (Å²) in [5.41, 5.74) is 7.45. The first kappa shape index (κ1) is 31.8. The Morgan fingerprint density at radius 3 is 1.34 bits per heavy atom. The van der Waals surface area contributed by atoms with Crippen LogP contribution in [-0.2, 0) is 0 Å². The molecule has 0 fully saturated rings. The van der Waals surface area contributed by atoms with Gasteiger partial charge in [-0.15, -0.1) is 0 Å². The van der Waals surface area contributed by atoms with Gasteiger partial charge in [0.1, 0.15) is 0 Å². The molecule has 0 radical (unpaired) electrons. The number of nitrogens with two attached hydrogens (primary N) is 1. The summed E-state index contributed by atoms with van der Waals surface area (Å²) in [4.78, 5) is 0. The van der Waals surface area contributed by atoms with Crippen LogP contribution in [0.15, 0.2) is 0 Å². The minimum absolute atomic E-state index is 0.386. The van der Waals surface area contributed by atoms with Crippen LogP contribution in [-0.4, -0.2) is 39.2 Å². The lowest BCUT2D eigenvalue weighted by molar-refractivity contribution is -0.132. The third kappa shape index (κ3) is 9.58. The van der Waals surface area contributed by atoms with E-state index in [2.05, 4.69) is 12.4 Å². The van der Waals surface area contributed by atoms with Crippen LogP contribution in [0.4, 0.5) is 0 Å². The van der Waals surface area contributed by atoms with Crippen molar-refractivity contribution in [2.45, 2.75) is 168 Å². The third-order valence-corrected chi connectivity index (χ3v) is 8.07. The molecule has 5 heteroatoms. The van der Waals surface area contributed by atoms with Gasteiger partial charge in [0.15, 0.2) is 0 Å². The number of hydroxylamine groups is 1. The number of hydrogen-bond acceptors (Lipinski definition) is 5. The molecule has 0 aliphatic rings. The Morgan fingerprint density at radius 2 is 1.06 bits per heavy atom. The molecule has 5 nitrogen and oxygen atoms in total. The zero-order valence-electron chi connectivity index (χ0n) is 22.2. The van der Waals surface area contributed by atoms with E-state index in [0.29, 0.717) is 19.3 Å². The van der Waals surface area contributed by atoms with Crippen molar-refractivity contribution in [2.75, 3.05) is 0 Å². The minimum Gasteiger partial charge on any atom is -0.393 e. The Labute approximate surface area is 199 Å². The van der Waals surface area contributed by atoms with E-state index in [9.17, 15) is 15.4 Å². The molecule has 0 spiro atoms. The maximum absolute atomic E-state index is 10.8. The quantitative estimate of drug-likeness (QED) is 0.0945. The Bertz CT molecular complexity index is 419. The van der Waals surface area contributed by atoms with Crippen LogP contribution in [0.5, 0.6) is 0 Å². The number of aliphatic hydroxyl groups is 2. The lowest BCUT2D eigenvalue weighted by atomic mass is 9.56. The van der Waals surface area contributed by atoms with E-state index in [1.54, 1.807) is 13.8 Å². The van der Waals surface area contributed by atoms with Gasteiger partial charge in [-0.2, -0.15) is 0 Å². The number of aliphatic hydroxyl groups excluding tert-OH is 2. The molecule has 6 N–H and O–H groups in total. The SMILES string of the molecule is CCCCCCCCCCCCCCCCC(C(C)O)(C(C)O)C(N)(CC)C(CC)NO. The fourth-order valence-electron chi connectivity index (χ4n) is 5.86. The summed E-state index contributed by atoms with van der Waals surface area (Å²) in [5, 5.41) is 31.3. The average Bonchev–Trinajstić information content (AvgIpc) is 2.76. The van der Waals surface area contributed by atoms with Crippen molar-refractivity contribution in [1.82, 2.24) is 5.48 Å². The molecule has 4 unspecified atom stereocenters. The number of unbranched alkanes of at least 4 members (excludes halogenated alkanes) is 13. The molecule has 32 heavy (non-hydrogen) atoms. The van der Waals surface area contributed by atoms with Crippen molar-refractivity contribution in [3.63, 3.8) is 0 Å². The maximum atomic E-state index is 10.8. The summed E-state index contributed by atoms with van der Waals surface area (Å²) < 4.78 is 0. The van der Waals surface area contributed by atoms with Crippen LogP contribution < -0.4 is 11.2 Å². The van der Waals surface area contributed by atoms with E-state index in [-0.39, 0.29) is 6.04 Å². The lowest BCUT2D eigenvalue weighted by Crippen LogP contribution is -2.72. The van der Waals surface area contributed by atoms with Gasteiger partial charge < -0.3 is 21.2 Å². The standard InChI is InChI=1S/C27H58N2O3/c1-6-9-10-11-12-13-14-15-16-17-18-19-20-21-22-26(23(4)30,24(5)31)27(28,8-3)25(7-2)29-32/h23-25,29-32H,6-22,28H2,1-5H3. The molecule has 0 amide bonds. The van der Waals surface area contributed by atoms with Gasteiger partial charge in [0, 0.05) is 11.0 Å². The molecule has 0 aliphatic carbocycles. The molecule has 0 bridgehead atoms. The first-order valence-corrected chi connectivity index (χ1v) is 13.8. The molecular formula is C27H58N2O3. The molecule has 0 aromatic rings. The van der Waals surface area contributed by atoms with Gasteiger partial charge in [-0.1, -0.05) is 111 Å². The Morgan fingerprint density at radius 1 is 0.688 bits per heavy atom. The first-order valence-electron chi connectivity index (χ1n) is 13.8. The van der Waals surface area contributed by atoms with E-state index < -0.39 is 23.2 Å². The molecule has 0 aliphatic heterocycles. The van der Waals surface area contributed by atoms with E-state index in [0.717, 1.165) is 12.8 Å². The second kappa shape index (κ2) is 18.2. The van der Waals surface area contributed by atoms with Gasteiger partial charge in [-0.25, -0.2) is 5.48 Å². The van der Waals surface area contributed by atoms with Crippen molar-refractivity contribution in [2.24, 2.45) is 11.1 Å². The highest BCUT2D eigenvalue weighted by Crippen LogP contribution is 2.46. The summed E-state index contributed by atoms with van der Waals surface area (Å²) in [5.74, 6) is 0. The van der Waals surface area contributed by atoms with Gasteiger partial charge >= 0.3 is 0 Å². The van der Waals surface area contributed by atoms with E-state index >= 15 is 0 Å². The molecule has 0 aromatic heterocycles. The highest BCUT2D eigenvalue weighted by molar-refractivity contribution is 5.12. The predicted octanol–water partition coefficient (Wildman–Crippen LogP) is 6.47. The molecule has 0 saturated carbocycles. The average molecular weight is 459 g/mol. The van der Waals surface area contributed by atoms with Gasteiger partial charge in [-0.3, -0.25) is 0 Å². The lowest BCUT2D eigenvalue weighted by Gasteiger charge is -2.55. The highest BCUT2D eigenvalue weighted by atomic mass is 16.5. The second-order valence-corrected chi connectivity index (χ2v) is 10.2. The Hall–Kier alpha value is -0.200. The normalized spacial score (nSPS) is 18.7. The van der Waals surface area contributed by atoms with Crippen molar-refractivity contribution in [3.05, 3.63) is 0 Å². The monoisotopic (exact) mass is 458 g/mol. The van der Waals surface area contributed by atoms with Crippen LogP contribution in [0.2, 0.25) is 0 Å². The molecule has 0 heterocycles. The summed E-state index contributed by atoms with van der Waals surface area (Å²) in [6, 6.07) is -0.386. The van der Waals surface area contributed by atoms with Crippen LogP contribution in [0.1, 0.15) is 144 Å².